The topological polar surface area (TPSA) is 49.3 Å². The van der Waals surface area contributed by atoms with Gasteiger partial charge in [-0.1, -0.05) is 28.1 Å². The molecule has 3 nitrogen and oxygen atoms in total. The molecule has 0 fully saturated rings. The van der Waals surface area contributed by atoms with Crippen molar-refractivity contribution in [3.8, 4) is 5.75 Å². The van der Waals surface area contributed by atoms with E-state index in [4.69, 9.17) is 0 Å². The van der Waals surface area contributed by atoms with Gasteiger partial charge < -0.3 is 10.4 Å². The van der Waals surface area contributed by atoms with E-state index in [1.54, 1.807) is 18.2 Å². The van der Waals surface area contributed by atoms with Crippen LogP contribution in [0.25, 0.3) is 0 Å². The number of phenols is 1. The first-order valence-electron chi connectivity index (χ1n) is 5.99. The normalized spacial score (nSPS) is 10.3. The second-order valence-electron chi connectivity index (χ2n) is 4.44. The fraction of sp³-hybridized carbons (Fsp3) is 0.133. The van der Waals surface area contributed by atoms with Gasteiger partial charge in [-0.05, 0) is 36.8 Å². The molecule has 5 heteroatoms. The number of benzene rings is 2. The minimum Gasteiger partial charge on any atom is -0.507 e. The van der Waals surface area contributed by atoms with Crippen LogP contribution in [0.5, 0.6) is 5.75 Å². The lowest BCUT2D eigenvalue weighted by atomic mass is 10.1. The number of aromatic hydroxyl groups is 1. The predicted molar refractivity (Wildman–Crippen MR) is 78.1 cm³/mol. The van der Waals surface area contributed by atoms with E-state index in [9.17, 15) is 14.3 Å². The zero-order valence-corrected chi connectivity index (χ0v) is 12.4. The molecule has 2 rings (SSSR count). The van der Waals surface area contributed by atoms with Gasteiger partial charge in [0.25, 0.3) is 5.91 Å². The lowest BCUT2D eigenvalue weighted by molar-refractivity contribution is 0.0948. The smallest absolute Gasteiger partial charge is 0.255 e. The third-order valence-electron chi connectivity index (χ3n) is 2.85. The second kappa shape index (κ2) is 6.05. The largest absolute Gasteiger partial charge is 0.507 e. The lowest BCUT2D eigenvalue weighted by Gasteiger charge is -2.08. The van der Waals surface area contributed by atoms with Gasteiger partial charge in [0.15, 0.2) is 0 Å². The van der Waals surface area contributed by atoms with Gasteiger partial charge in [-0.2, -0.15) is 0 Å². The van der Waals surface area contributed by atoms with Gasteiger partial charge in [-0.25, -0.2) is 4.39 Å². The molecule has 2 N–H and O–H groups in total. The molecule has 0 aliphatic carbocycles. The van der Waals surface area contributed by atoms with Crippen molar-refractivity contribution in [1.29, 1.82) is 0 Å². The number of phenolic OH excluding ortho intramolecular Hbond substituents is 1. The van der Waals surface area contributed by atoms with Gasteiger partial charge in [0, 0.05) is 16.6 Å². The Morgan fingerprint density at radius 2 is 2.05 bits per heavy atom. The SMILES string of the molecule is Cc1ccc(C(=O)NCc2ccc(Br)cc2F)c(O)c1. The van der Waals surface area contributed by atoms with Crippen LogP contribution >= 0.6 is 15.9 Å². The van der Waals surface area contributed by atoms with Crippen LogP contribution in [0, 0.1) is 12.7 Å². The van der Waals surface area contributed by atoms with E-state index >= 15 is 0 Å². The maximum absolute atomic E-state index is 13.6. The van der Waals surface area contributed by atoms with E-state index in [1.165, 1.54) is 18.2 Å². The minimum atomic E-state index is -0.440. The van der Waals surface area contributed by atoms with Crippen LogP contribution < -0.4 is 5.32 Å². The highest BCUT2D eigenvalue weighted by Crippen LogP contribution is 2.19. The van der Waals surface area contributed by atoms with E-state index in [1.807, 2.05) is 6.92 Å². The van der Waals surface area contributed by atoms with Crippen LogP contribution in [0.2, 0.25) is 0 Å². The molecule has 0 aliphatic heterocycles. The summed E-state index contributed by atoms with van der Waals surface area (Å²) in [4.78, 5) is 11.9. The van der Waals surface area contributed by atoms with Crippen molar-refractivity contribution in [2.24, 2.45) is 0 Å². The molecule has 0 radical (unpaired) electrons. The molecule has 0 aromatic heterocycles. The summed E-state index contributed by atoms with van der Waals surface area (Å²) in [6, 6.07) is 9.41. The summed E-state index contributed by atoms with van der Waals surface area (Å²) in [5.74, 6) is -0.920. The van der Waals surface area contributed by atoms with Crippen LogP contribution in [0.1, 0.15) is 21.5 Å². The average molecular weight is 338 g/mol. The van der Waals surface area contributed by atoms with Crippen LogP contribution in [-0.4, -0.2) is 11.0 Å². The summed E-state index contributed by atoms with van der Waals surface area (Å²) in [5, 5.41) is 12.3. The highest BCUT2D eigenvalue weighted by molar-refractivity contribution is 9.10. The van der Waals surface area contributed by atoms with E-state index in [0.29, 0.717) is 10.0 Å². The van der Waals surface area contributed by atoms with Crippen LogP contribution in [-0.2, 0) is 6.54 Å². The number of rotatable bonds is 3. The molecule has 20 heavy (non-hydrogen) atoms. The molecule has 0 saturated heterocycles. The highest BCUT2D eigenvalue weighted by atomic mass is 79.9. The van der Waals surface area contributed by atoms with Crippen molar-refractivity contribution in [3.05, 3.63) is 63.4 Å². The number of halogens is 2. The third-order valence-corrected chi connectivity index (χ3v) is 3.35. The summed E-state index contributed by atoms with van der Waals surface area (Å²) in [7, 11) is 0. The summed E-state index contributed by atoms with van der Waals surface area (Å²) in [6.45, 7) is 1.88. The van der Waals surface area contributed by atoms with Gasteiger partial charge in [0.05, 0.1) is 5.56 Å². The van der Waals surface area contributed by atoms with Gasteiger partial charge in [0.1, 0.15) is 11.6 Å². The number of carbonyl (C=O) groups excluding carboxylic acids is 1. The number of carbonyl (C=O) groups is 1. The molecule has 104 valence electrons. The molecule has 2 aromatic rings. The van der Waals surface area contributed by atoms with Crippen molar-refractivity contribution in [2.75, 3.05) is 0 Å². The summed E-state index contributed by atoms with van der Waals surface area (Å²) in [6.07, 6.45) is 0. The fourth-order valence-corrected chi connectivity index (χ4v) is 2.10. The predicted octanol–water partition coefficient (Wildman–Crippen LogP) is 3.53. The first kappa shape index (κ1) is 14.5. The average Bonchev–Trinajstić information content (AvgIpc) is 2.37. The standard InChI is InChI=1S/C15H13BrFNO2/c1-9-2-5-12(14(19)6-9)15(20)18-8-10-3-4-11(16)7-13(10)17/h2-7,19H,8H2,1H3,(H,18,20). The Hall–Kier alpha value is -1.88. The summed E-state index contributed by atoms with van der Waals surface area (Å²) >= 11 is 3.17. The van der Waals surface area contributed by atoms with Crippen LogP contribution in [0.3, 0.4) is 0 Å². The molecule has 0 bridgehead atoms. The summed E-state index contributed by atoms with van der Waals surface area (Å²) < 4.78 is 14.2. The van der Waals surface area contributed by atoms with Gasteiger partial charge in [-0.15, -0.1) is 0 Å². The van der Waals surface area contributed by atoms with E-state index in [-0.39, 0.29) is 17.9 Å². The van der Waals surface area contributed by atoms with E-state index < -0.39 is 11.7 Å². The van der Waals surface area contributed by atoms with Crippen molar-refractivity contribution in [2.45, 2.75) is 13.5 Å². The third kappa shape index (κ3) is 3.36. The molecular formula is C15H13BrFNO2. The lowest BCUT2D eigenvalue weighted by Crippen LogP contribution is -2.23. The number of hydrogen-bond donors (Lipinski definition) is 2. The van der Waals surface area contributed by atoms with Crippen molar-refractivity contribution < 1.29 is 14.3 Å². The first-order valence-corrected chi connectivity index (χ1v) is 6.78. The zero-order chi connectivity index (χ0) is 14.7. The fourth-order valence-electron chi connectivity index (χ4n) is 1.77. The Kier molecular flexibility index (Phi) is 4.39. The molecule has 0 saturated carbocycles. The van der Waals surface area contributed by atoms with Gasteiger partial charge in [-0.3, -0.25) is 4.79 Å². The first-order chi connectivity index (χ1) is 9.47. The highest BCUT2D eigenvalue weighted by Gasteiger charge is 2.11. The molecule has 0 aliphatic rings. The molecule has 2 aromatic carbocycles. The monoisotopic (exact) mass is 337 g/mol. The van der Waals surface area contributed by atoms with Gasteiger partial charge in [0.2, 0.25) is 0 Å². The Balaban J connectivity index is 2.08. The second-order valence-corrected chi connectivity index (χ2v) is 5.35. The van der Waals surface area contributed by atoms with Gasteiger partial charge >= 0.3 is 0 Å². The minimum absolute atomic E-state index is 0.0608. The van der Waals surface area contributed by atoms with E-state index in [0.717, 1.165) is 5.56 Å². The Labute approximate surface area is 124 Å². The number of aryl methyl sites for hydroxylation is 1. The molecule has 0 heterocycles. The molecule has 0 atom stereocenters. The number of hydrogen-bond acceptors (Lipinski definition) is 2. The van der Waals surface area contributed by atoms with Crippen LogP contribution in [0.4, 0.5) is 4.39 Å². The van der Waals surface area contributed by atoms with E-state index in [2.05, 4.69) is 21.2 Å². The van der Waals surface area contributed by atoms with Crippen LogP contribution in [0.15, 0.2) is 40.9 Å². The maximum atomic E-state index is 13.6. The maximum Gasteiger partial charge on any atom is 0.255 e. The quantitative estimate of drug-likeness (QED) is 0.900. The Morgan fingerprint density at radius 3 is 2.70 bits per heavy atom. The van der Waals surface area contributed by atoms with Crippen molar-refractivity contribution in [1.82, 2.24) is 5.32 Å². The molecule has 0 spiro atoms. The Bertz CT molecular complexity index is 658. The van der Waals surface area contributed by atoms with Crippen molar-refractivity contribution in [3.63, 3.8) is 0 Å². The number of amides is 1. The molecular weight excluding hydrogens is 325 g/mol. The Morgan fingerprint density at radius 1 is 1.30 bits per heavy atom. The number of nitrogens with one attached hydrogen (secondary N) is 1. The molecule has 0 unspecified atom stereocenters. The molecule has 1 amide bonds. The zero-order valence-electron chi connectivity index (χ0n) is 10.8. The van der Waals surface area contributed by atoms with Crippen molar-refractivity contribution >= 4 is 21.8 Å². The summed E-state index contributed by atoms with van der Waals surface area (Å²) in [5.41, 5.74) is 1.42.